The molecule has 2 N–H and O–H groups in total. The van der Waals surface area contributed by atoms with Gasteiger partial charge in [0.05, 0.1) is 6.21 Å². The molecular formula is C10H8N2O2. The molecule has 0 amide bonds. The maximum Gasteiger partial charge on any atom is 0.336 e. The Kier molecular flexibility index (Phi) is 2.02. The van der Waals surface area contributed by atoms with Crippen LogP contribution in [0.1, 0.15) is 5.56 Å². The molecule has 4 nitrogen and oxygen atoms in total. The van der Waals surface area contributed by atoms with Crippen molar-refractivity contribution in [1.29, 1.82) is 0 Å². The standard InChI is InChI=1S/C10H8N2O2/c11-12-6-7-1-3-9-8(5-7)2-4-10(13)14-9/h1-6H,11H2. The van der Waals surface area contributed by atoms with Gasteiger partial charge in [0.25, 0.3) is 0 Å². The molecular weight excluding hydrogens is 180 g/mol. The Morgan fingerprint density at radius 3 is 2.93 bits per heavy atom. The molecule has 0 radical (unpaired) electrons. The average Bonchev–Trinajstić information content (AvgIpc) is 2.19. The Bertz CT molecular complexity index is 543. The topological polar surface area (TPSA) is 68.6 Å². The van der Waals surface area contributed by atoms with E-state index >= 15 is 0 Å². The van der Waals surface area contributed by atoms with E-state index < -0.39 is 0 Å². The van der Waals surface area contributed by atoms with E-state index in [9.17, 15) is 4.79 Å². The summed E-state index contributed by atoms with van der Waals surface area (Å²) in [5.41, 5.74) is 1.08. The minimum Gasteiger partial charge on any atom is -0.423 e. The summed E-state index contributed by atoms with van der Waals surface area (Å²) in [5.74, 6) is 5.02. The molecule has 0 fully saturated rings. The van der Waals surface area contributed by atoms with Crippen LogP contribution in [0.4, 0.5) is 0 Å². The van der Waals surface area contributed by atoms with Gasteiger partial charge in [-0.2, -0.15) is 5.10 Å². The number of hydrogen-bond acceptors (Lipinski definition) is 4. The van der Waals surface area contributed by atoms with Crippen LogP contribution in [0.2, 0.25) is 0 Å². The highest BCUT2D eigenvalue weighted by atomic mass is 16.4. The van der Waals surface area contributed by atoms with E-state index in [2.05, 4.69) is 5.10 Å². The lowest BCUT2D eigenvalue weighted by molar-refractivity contribution is 0.561. The number of rotatable bonds is 1. The summed E-state index contributed by atoms with van der Waals surface area (Å²) in [4.78, 5) is 10.9. The van der Waals surface area contributed by atoms with Gasteiger partial charge < -0.3 is 10.3 Å². The van der Waals surface area contributed by atoms with Crippen molar-refractivity contribution in [2.45, 2.75) is 0 Å². The van der Waals surface area contributed by atoms with Crippen molar-refractivity contribution in [2.75, 3.05) is 0 Å². The van der Waals surface area contributed by atoms with Crippen LogP contribution in [-0.2, 0) is 0 Å². The van der Waals surface area contributed by atoms with Crippen molar-refractivity contribution in [3.05, 3.63) is 46.3 Å². The lowest BCUT2D eigenvalue weighted by atomic mass is 10.1. The summed E-state index contributed by atoms with van der Waals surface area (Å²) in [7, 11) is 0. The van der Waals surface area contributed by atoms with E-state index in [-0.39, 0.29) is 5.63 Å². The Hall–Kier alpha value is -2.10. The summed E-state index contributed by atoms with van der Waals surface area (Å²) in [5, 5.41) is 4.26. The van der Waals surface area contributed by atoms with Crippen molar-refractivity contribution in [2.24, 2.45) is 10.9 Å². The van der Waals surface area contributed by atoms with Crippen LogP contribution in [-0.4, -0.2) is 6.21 Å². The molecule has 0 unspecified atom stereocenters. The van der Waals surface area contributed by atoms with Crippen LogP contribution in [0.15, 0.2) is 44.6 Å². The fourth-order valence-electron chi connectivity index (χ4n) is 1.26. The molecule has 0 aliphatic carbocycles. The van der Waals surface area contributed by atoms with Crippen LogP contribution in [0, 0.1) is 0 Å². The van der Waals surface area contributed by atoms with Gasteiger partial charge in [0.15, 0.2) is 0 Å². The fraction of sp³-hybridized carbons (Fsp3) is 0. The molecule has 2 rings (SSSR count). The van der Waals surface area contributed by atoms with Gasteiger partial charge >= 0.3 is 5.63 Å². The average molecular weight is 188 g/mol. The maximum absolute atomic E-state index is 10.9. The Labute approximate surface area is 79.6 Å². The smallest absolute Gasteiger partial charge is 0.336 e. The minimum absolute atomic E-state index is 0.349. The first-order valence-corrected chi connectivity index (χ1v) is 4.07. The van der Waals surface area contributed by atoms with Crippen LogP contribution >= 0.6 is 0 Å². The third kappa shape index (κ3) is 1.50. The molecule has 14 heavy (non-hydrogen) atoms. The normalized spacial score (nSPS) is 11.1. The zero-order valence-electron chi connectivity index (χ0n) is 7.31. The number of hydrogen-bond donors (Lipinski definition) is 1. The fourth-order valence-corrected chi connectivity index (χ4v) is 1.26. The molecule has 0 aliphatic rings. The second-order valence-electron chi connectivity index (χ2n) is 2.83. The quantitative estimate of drug-likeness (QED) is 0.315. The van der Waals surface area contributed by atoms with E-state index in [4.69, 9.17) is 10.3 Å². The lowest BCUT2D eigenvalue weighted by Crippen LogP contribution is -1.94. The van der Waals surface area contributed by atoms with Crippen molar-refractivity contribution >= 4 is 17.2 Å². The summed E-state index contributed by atoms with van der Waals surface area (Å²) < 4.78 is 4.96. The Morgan fingerprint density at radius 1 is 1.29 bits per heavy atom. The van der Waals surface area contributed by atoms with Crippen molar-refractivity contribution in [3.63, 3.8) is 0 Å². The van der Waals surface area contributed by atoms with E-state index in [0.717, 1.165) is 10.9 Å². The summed E-state index contributed by atoms with van der Waals surface area (Å²) in [6.07, 6.45) is 1.53. The Balaban J connectivity index is 2.67. The van der Waals surface area contributed by atoms with E-state index in [1.807, 2.05) is 6.07 Å². The van der Waals surface area contributed by atoms with Gasteiger partial charge in [-0.15, -0.1) is 0 Å². The molecule has 4 heteroatoms. The molecule has 0 bridgehead atoms. The van der Waals surface area contributed by atoms with Gasteiger partial charge in [0, 0.05) is 11.5 Å². The number of fused-ring (bicyclic) bond motifs is 1. The van der Waals surface area contributed by atoms with Crippen molar-refractivity contribution < 1.29 is 4.42 Å². The first-order valence-electron chi connectivity index (χ1n) is 4.07. The zero-order chi connectivity index (χ0) is 9.97. The minimum atomic E-state index is -0.349. The summed E-state index contributed by atoms with van der Waals surface area (Å²) in [6, 6.07) is 8.42. The molecule has 0 saturated heterocycles. The maximum atomic E-state index is 10.9. The van der Waals surface area contributed by atoms with Gasteiger partial charge in [0.1, 0.15) is 5.58 Å². The first-order chi connectivity index (χ1) is 6.79. The molecule has 0 atom stereocenters. The van der Waals surface area contributed by atoms with E-state index in [1.54, 1.807) is 18.2 Å². The second-order valence-corrected chi connectivity index (χ2v) is 2.83. The van der Waals surface area contributed by atoms with Crippen molar-refractivity contribution in [1.82, 2.24) is 0 Å². The number of nitrogens with zero attached hydrogens (tertiary/aromatic N) is 1. The second kappa shape index (κ2) is 3.33. The monoisotopic (exact) mass is 188 g/mol. The molecule has 2 aromatic rings. The number of benzene rings is 1. The third-order valence-electron chi connectivity index (χ3n) is 1.87. The van der Waals surface area contributed by atoms with Gasteiger partial charge in [-0.1, -0.05) is 0 Å². The Morgan fingerprint density at radius 2 is 2.14 bits per heavy atom. The number of nitrogens with two attached hydrogens (primary N) is 1. The predicted octanol–water partition coefficient (Wildman–Crippen LogP) is 1.09. The molecule has 1 aromatic heterocycles. The molecule has 0 saturated carbocycles. The first kappa shape index (κ1) is 8.50. The third-order valence-corrected chi connectivity index (χ3v) is 1.87. The molecule has 0 spiro atoms. The van der Waals surface area contributed by atoms with E-state index in [0.29, 0.717) is 5.58 Å². The summed E-state index contributed by atoms with van der Waals surface area (Å²) in [6.45, 7) is 0. The lowest BCUT2D eigenvalue weighted by Gasteiger charge is -1.96. The highest BCUT2D eigenvalue weighted by Gasteiger charge is 1.96. The van der Waals surface area contributed by atoms with Crippen molar-refractivity contribution in [3.8, 4) is 0 Å². The van der Waals surface area contributed by atoms with Crippen LogP contribution in [0.3, 0.4) is 0 Å². The van der Waals surface area contributed by atoms with Gasteiger partial charge in [-0.25, -0.2) is 4.79 Å². The van der Waals surface area contributed by atoms with Gasteiger partial charge in [0.2, 0.25) is 0 Å². The molecule has 70 valence electrons. The molecule has 1 aromatic carbocycles. The van der Waals surface area contributed by atoms with Crippen LogP contribution in [0.25, 0.3) is 11.0 Å². The summed E-state index contributed by atoms with van der Waals surface area (Å²) >= 11 is 0. The van der Waals surface area contributed by atoms with Gasteiger partial charge in [-0.05, 0) is 29.8 Å². The predicted molar refractivity (Wildman–Crippen MR) is 54.3 cm³/mol. The largest absolute Gasteiger partial charge is 0.423 e. The number of hydrazone groups is 1. The highest BCUT2D eigenvalue weighted by molar-refractivity contribution is 5.87. The van der Waals surface area contributed by atoms with E-state index in [1.165, 1.54) is 12.3 Å². The van der Waals surface area contributed by atoms with Crippen LogP contribution < -0.4 is 11.5 Å². The van der Waals surface area contributed by atoms with Crippen LogP contribution in [0.5, 0.6) is 0 Å². The molecule has 0 aliphatic heterocycles. The zero-order valence-corrected chi connectivity index (χ0v) is 7.31. The molecule has 1 heterocycles. The highest BCUT2D eigenvalue weighted by Crippen LogP contribution is 2.12. The van der Waals surface area contributed by atoms with Gasteiger partial charge in [-0.3, -0.25) is 0 Å². The SMILES string of the molecule is NN=Cc1ccc2oc(=O)ccc2c1.